The maximum absolute atomic E-state index is 12.6. The van der Waals surface area contributed by atoms with E-state index in [1.807, 2.05) is 48.5 Å². The Morgan fingerprint density at radius 1 is 0.960 bits per heavy atom. The van der Waals surface area contributed by atoms with Gasteiger partial charge in [0.25, 0.3) is 5.56 Å². The lowest BCUT2D eigenvalue weighted by Crippen LogP contribution is -2.14. The van der Waals surface area contributed by atoms with Gasteiger partial charge in [-0.05, 0) is 34.9 Å². The molecule has 6 heteroatoms. The standard InChI is InChI=1S/C19H15N5O/c25-18-16-15(14-6-9-20-10-7-14)8-11-21-17(16)23-19(24-18)22-12-13-4-2-1-3-5-13/h1-11H,12H2,(H2,21,22,23,24,25). The summed E-state index contributed by atoms with van der Waals surface area (Å²) < 4.78 is 0. The average Bonchev–Trinajstić information content (AvgIpc) is 2.67. The predicted molar refractivity (Wildman–Crippen MR) is 97.2 cm³/mol. The fraction of sp³-hybridized carbons (Fsp3) is 0.0526. The number of nitrogens with one attached hydrogen (secondary N) is 2. The van der Waals surface area contributed by atoms with Crippen molar-refractivity contribution in [3.8, 4) is 11.1 Å². The van der Waals surface area contributed by atoms with E-state index in [0.717, 1.165) is 16.7 Å². The molecule has 25 heavy (non-hydrogen) atoms. The van der Waals surface area contributed by atoms with Crippen molar-refractivity contribution in [2.75, 3.05) is 5.32 Å². The molecule has 4 rings (SSSR count). The van der Waals surface area contributed by atoms with Gasteiger partial charge in [-0.1, -0.05) is 30.3 Å². The Hall–Kier alpha value is -3.54. The third kappa shape index (κ3) is 3.10. The van der Waals surface area contributed by atoms with Crippen molar-refractivity contribution >= 4 is 17.0 Å². The van der Waals surface area contributed by atoms with E-state index in [0.29, 0.717) is 23.5 Å². The van der Waals surface area contributed by atoms with Crippen molar-refractivity contribution in [1.29, 1.82) is 0 Å². The molecule has 0 aliphatic rings. The molecule has 0 unspecified atom stereocenters. The number of aromatic nitrogens is 4. The van der Waals surface area contributed by atoms with Gasteiger partial charge in [-0.2, -0.15) is 4.98 Å². The van der Waals surface area contributed by atoms with Crippen LogP contribution in [0.3, 0.4) is 0 Å². The van der Waals surface area contributed by atoms with Crippen LogP contribution in [-0.2, 0) is 6.54 Å². The van der Waals surface area contributed by atoms with Gasteiger partial charge in [-0.25, -0.2) is 4.98 Å². The summed E-state index contributed by atoms with van der Waals surface area (Å²) in [6.07, 6.45) is 5.05. The van der Waals surface area contributed by atoms with E-state index in [2.05, 4.69) is 25.3 Å². The number of benzene rings is 1. The number of aromatic amines is 1. The molecule has 0 aliphatic carbocycles. The Kier molecular flexibility index (Phi) is 3.92. The second-order valence-corrected chi connectivity index (χ2v) is 5.55. The van der Waals surface area contributed by atoms with Crippen LogP contribution in [-0.4, -0.2) is 19.9 Å². The molecule has 0 spiro atoms. The molecule has 1 aromatic carbocycles. The van der Waals surface area contributed by atoms with Crippen LogP contribution in [0.4, 0.5) is 5.95 Å². The van der Waals surface area contributed by atoms with Crippen LogP contribution in [0, 0.1) is 0 Å². The molecule has 122 valence electrons. The highest BCUT2D eigenvalue weighted by molar-refractivity contribution is 5.91. The highest BCUT2D eigenvalue weighted by atomic mass is 16.1. The first-order valence-electron chi connectivity index (χ1n) is 7.88. The first-order chi connectivity index (χ1) is 12.3. The molecule has 0 amide bonds. The number of fused-ring (bicyclic) bond motifs is 1. The highest BCUT2D eigenvalue weighted by Gasteiger charge is 2.11. The zero-order chi connectivity index (χ0) is 17.1. The van der Waals surface area contributed by atoms with Gasteiger partial charge in [0, 0.05) is 25.1 Å². The van der Waals surface area contributed by atoms with Gasteiger partial charge in [0.15, 0.2) is 5.65 Å². The molecule has 4 aromatic rings. The average molecular weight is 329 g/mol. The zero-order valence-corrected chi connectivity index (χ0v) is 13.3. The largest absolute Gasteiger partial charge is 0.352 e. The molecule has 0 saturated heterocycles. The number of pyridine rings is 2. The number of hydrogen-bond acceptors (Lipinski definition) is 5. The second-order valence-electron chi connectivity index (χ2n) is 5.55. The quantitative estimate of drug-likeness (QED) is 0.601. The van der Waals surface area contributed by atoms with E-state index < -0.39 is 0 Å². The molecule has 2 N–H and O–H groups in total. The third-order valence-electron chi connectivity index (χ3n) is 3.90. The van der Waals surface area contributed by atoms with Crippen LogP contribution in [0.15, 0.2) is 71.9 Å². The van der Waals surface area contributed by atoms with Crippen LogP contribution < -0.4 is 10.9 Å². The molecular weight excluding hydrogens is 314 g/mol. The van der Waals surface area contributed by atoms with Crippen molar-refractivity contribution in [3.05, 3.63) is 83.0 Å². The Morgan fingerprint density at radius 3 is 2.56 bits per heavy atom. The fourth-order valence-corrected chi connectivity index (χ4v) is 2.70. The third-order valence-corrected chi connectivity index (χ3v) is 3.90. The summed E-state index contributed by atoms with van der Waals surface area (Å²) in [7, 11) is 0. The van der Waals surface area contributed by atoms with Gasteiger partial charge in [-0.3, -0.25) is 14.8 Å². The van der Waals surface area contributed by atoms with Crippen molar-refractivity contribution in [3.63, 3.8) is 0 Å². The smallest absolute Gasteiger partial charge is 0.262 e. The molecule has 0 aliphatic heterocycles. The van der Waals surface area contributed by atoms with E-state index in [1.165, 1.54) is 0 Å². The van der Waals surface area contributed by atoms with E-state index >= 15 is 0 Å². The minimum atomic E-state index is -0.222. The normalized spacial score (nSPS) is 10.7. The second kappa shape index (κ2) is 6.52. The van der Waals surface area contributed by atoms with Crippen LogP contribution in [0.5, 0.6) is 0 Å². The van der Waals surface area contributed by atoms with Crippen molar-refractivity contribution in [2.45, 2.75) is 6.54 Å². The topological polar surface area (TPSA) is 83.6 Å². The van der Waals surface area contributed by atoms with Crippen molar-refractivity contribution in [2.24, 2.45) is 0 Å². The van der Waals surface area contributed by atoms with Crippen LogP contribution in [0.1, 0.15) is 5.56 Å². The number of H-pyrrole nitrogens is 1. The Balaban J connectivity index is 1.72. The Bertz CT molecular complexity index is 1060. The van der Waals surface area contributed by atoms with Crippen LogP contribution >= 0.6 is 0 Å². The molecule has 6 nitrogen and oxygen atoms in total. The number of hydrogen-bond donors (Lipinski definition) is 2. The first kappa shape index (κ1) is 15.0. The van der Waals surface area contributed by atoms with Gasteiger partial charge >= 0.3 is 0 Å². The maximum atomic E-state index is 12.6. The minimum absolute atomic E-state index is 0.222. The molecule has 0 radical (unpaired) electrons. The number of anilines is 1. The summed E-state index contributed by atoms with van der Waals surface area (Å²) in [5.41, 5.74) is 2.98. The maximum Gasteiger partial charge on any atom is 0.262 e. The summed E-state index contributed by atoms with van der Waals surface area (Å²) >= 11 is 0. The molecule has 0 saturated carbocycles. The lowest BCUT2D eigenvalue weighted by molar-refractivity contribution is 1.05. The van der Waals surface area contributed by atoms with E-state index in [4.69, 9.17) is 0 Å². The zero-order valence-electron chi connectivity index (χ0n) is 13.3. The van der Waals surface area contributed by atoms with E-state index in [-0.39, 0.29) is 5.56 Å². The Labute approximate surface area is 143 Å². The number of nitrogens with zero attached hydrogens (tertiary/aromatic N) is 3. The van der Waals surface area contributed by atoms with Gasteiger partial charge in [0.2, 0.25) is 5.95 Å². The summed E-state index contributed by atoms with van der Waals surface area (Å²) in [5.74, 6) is 0.403. The summed E-state index contributed by atoms with van der Waals surface area (Å²) in [6, 6.07) is 15.4. The summed E-state index contributed by atoms with van der Waals surface area (Å²) in [5, 5.41) is 3.61. The van der Waals surface area contributed by atoms with Crippen LogP contribution in [0.25, 0.3) is 22.2 Å². The SMILES string of the molecule is O=c1[nH]c(NCc2ccccc2)nc2nccc(-c3ccncc3)c12. The fourth-order valence-electron chi connectivity index (χ4n) is 2.70. The first-order valence-corrected chi connectivity index (χ1v) is 7.88. The molecule has 0 fully saturated rings. The molecule has 3 heterocycles. The van der Waals surface area contributed by atoms with Gasteiger partial charge in [0.1, 0.15) is 0 Å². The monoisotopic (exact) mass is 329 g/mol. The molecule has 0 atom stereocenters. The van der Waals surface area contributed by atoms with Crippen LogP contribution in [0.2, 0.25) is 0 Å². The van der Waals surface area contributed by atoms with Gasteiger partial charge < -0.3 is 5.32 Å². The molecule has 0 bridgehead atoms. The number of rotatable bonds is 4. The minimum Gasteiger partial charge on any atom is -0.352 e. The lowest BCUT2D eigenvalue weighted by Gasteiger charge is -2.08. The van der Waals surface area contributed by atoms with E-state index in [9.17, 15) is 4.79 Å². The summed E-state index contributed by atoms with van der Waals surface area (Å²) in [6.45, 7) is 0.569. The van der Waals surface area contributed by atoms with Gasteiger partial charge in [-0.15, -0.1) is 0 Å². The Morgan fingerprint density at radius 2 is 1.76 bits per heavy atom. The lowest BCUT2D eigenvalue weighted by atomic mass is 10.1. The summed E-state index contributed by atoms with van der Waals surface area (Å²) in [4.78, 5) is 28.1. The van der Waals surface area contributed by atoms with Crippen molar-refractivity contribution < 1.29 is 0 Å². The van der Waals surface area contributed by atoms with Gasteiger partial charge in [0.05, 0.1) is 5.39 Å². The van der Waals surface area contributed by atoms with E-state index in [1.54, 1.807) is 18.6 Å². The molecular formula is C19H15N5O. The highest BCUT2D eigenvalue weighted by Crippen LogP contribution is 2.23. The van der Waals surface area contributed by atoms with Crippen molar-refractivity contribution in [1.82, 2.24) is 19.9 Å². The predicted octanol–water partition coefficient (Wildman–Crippen LogP) is 2.99. The molecule has 3 aromatic heterocycles.